The van der Waals surface area contributed by atoms with Gasteiger partial charge in [-0.1, -0.05) is 24.3 Å². The van der Waals surface area contributed by atoms with Gasteiger partial charge in [0.25, 0.3) is 5.69 Å². The Balaban J connectivity index is 1.96. The van der Waals surface area contributed by atoms with Crippen LogP contribution in [0.5, 0.6) is 5.75 Å². The molecule has 0 spiro atoms. The maximum atomic E-state index is 12.1. The van der Waals surface area contributed by atoms with Crippen molar-refractivity contribution in [3.63, 3.8) is 0 Å². The number of hydrogen-bond donors (Lipinski definition) is 0. The number of hydrogen-bond acceptors (Lipinski definition) is 6. The molecule has 7 nitrogen and oxygen atoms in total. The maximum Gasteiger partial charge on any atom is 0.363 e. The summed E-state index contributed by atoms with van der Waals surface area (Å²) in [5, 5.41) is 10.8. The number of benzene rings is 2. The Kier molecular flexibility index (Phi) is 4.56. The van der Waals surface area contributed by atoms with Crippen LogP contribution in [0.25, 0.3) is 6.08 Å². The third kappa shape index (κ3) is 3.55. The highest BCUT2D eigenvalue weighted by molar-refractivity contribution is 6.13. The topological polar surface area (TPSA) is 91.0 Å². The molecule has 1 aliphatic rings. The van der Waals surface area contributed by atoms with Crippen molar-refractivity contribution in [3.05, 3.63) is 75.5 Å². The molecule has 0 saturated heterocycles. The molecule has 0 bridgehead atoms. The molecule has 0 unspecified atom stereocenters. The molecule has 1 aliphatic heterocycles. The van der Waals surface area contributed by atoms with E-state index < -0.39 is 10.9 Å². The van der Waals surface area contributed by atoms with Crippen LogP contribution in [0.4, 0.5) is 5.69 Å². The van der Waals surface area contributed by atoms with Gasteiger partial charge in [-0.3, -0.25) is 10.1 Å². The van der Waals surface area contributed by atoms with Gasteiger partial charge in [-0.25, -0.2) is 9.79 Å². The fourth-order valence-electron chi connectivity index (χ4n) is 2.34. The summed E-state index contributed by atoms with van der Waals surface area (Å²) >= 11 is 0. The van der Waals surface area contributed by atoms with E-state index in [-0.39, 0.29) is 17.3 Å². The predicted molar refractivity (Wildman–Crippen MR) is 91.3 cm³/mol. The highest BCUT2D eigenvalue weighted by Gasteiger charge is 2.26. The van der Waals surface area contributed by atoms with Crippen LogP contribution in [0.2, 0.25) is 0 Å². The number of cyclic esters (lactones) is 1. The number of ether oxygens (including phenoxy) is 2. The lowest BCUT2D eigenvalue weighted by molar-refractivity contribution is -0.384. The minimum atomic E-state index is -0.618. The molecular formula is C18H14N2O5. The summed E-state index contributed by atoms with van der Waals surface area (Å²) in [5.74, 6) is 0.0895. The van der Waals surface area contributed by atoms with Crippen LogP contribution in [-0.4, -0.2) is 23.4 Å². The lowest BCUT2D eigenvalue weighted by atomic mass is 10.1. The van der Waals surface area contributed by atoms with Gasteiger partial charge in [0.05, 0.1) is 17.1 Å². The molecule has 7 heteroatoms. The zero-order valence-electron chi connectivity index (χ0n) is 13.3. The molecule has 2 aromatic carbocycles. The summed E-state index contributed by atoms with van der Waals surface area (Å²) in [4.78, 5) is 26.6. The van der Waals surface area contributed by atoms with Crippen molar-refractivity contribution in [3.8, 4) is 5.75 Å². The van der Waals surface area contributed by atoms with Crippen LogP contribution in [-0.2, 0) is 9.53 Å². The Labute approximate surface area is 143 Å². The first-order valence-corrected chi connectivity index (χ1v) is 7.57. The summed E-state index contributed by atoms with van der Waals surface area (Å²) < 4.78 is 10.7. The zero-order valence-corrected chi connectivity index (χ0v) is 13.3. The number of carbonyl (C=O) groups is 1. The van der Waals surface area contributed by atoms with E-state index in [2.05, 4.69) is 4.99 Å². The van der Waals surface area contributed by atoms with Crippen LogP contribution >= 0.6 is 0 Å². The second kappa shape index (κ2) is 6.96. The van der Waals surface area contributed by atoms with Crippen molar-refractivity contribution in [1.82, 2.24) is 0 Å². The summed E-state index contributed by atoms with van der Waals surface area (Å²) in [6.07, 6.45) is 1.45. The Morgan fingerprint density at radius 1 is 1.24 bits per heavy atom. The Morgan fingerprint density at radius 3 is 2.80 bits per heavy atom. The fourth-order valence-corrected chi connectivity index (χ4v) is 2.34. The monoisotopic (exact) mass is 338 g/mol. The third-order valence-corrected chi connectivity index (χ3v) is 3.42. The third-order valence-electron chi connectivity index (χ3n) is 3.42. The molecular weight excluding hydrogens is 324 g/mol. The molecule has 0 radical (unpaired) electrons. The van der Waals surface area contributed by atoms with E-state index in [1.165, 1.54) is 18.2 Å². The average molecular weight is 338 g/mol. The van der Waals surface area contributed by atoms with Crippen molar-refractivity contribution in [1.29, 1.82) is 0 Å². The van der Waals surface area contributed by atoms with Crippen LogP contribution in [0.15, 0.2) is 59.2 Å². The molecule has 0 amide bonds. The number of carbonyl (C=O) groups excluding carboxylic acids is 1. The largest absolute Gasteiger partial charge is 0.493 e. The van der Waals surface area contributed by atoms with E-state index in [4.69, 9.17) is 9.47 Å². The first kappa shape index (κ1) is 16.4. The quantitative estimate of drug-likeness (QED) is 0.361. The molecule has 126 valence electrons. The Hall–Kier alpha value is -3.48. The van der Waals surface area contributed by atoms with Crippen LogP contribution in [0.1, 0.15) is 18.1 Å². The van der Waals surface area contributed by atoms with E-state index in [9.17, 15) is 14.9 Å². The van der Waals surface area contributed by atoms with Crippen molar-refractivity contribution in [2.24, 2.45) is 4.99 Å². The van der Waals surface area contributed by atoms with Gasteiger partial charge >= 0.3 is 5.97 Å². The second-order valence-electron chi connectivity index (χ2n) is 5.12. The van der Waals surface area contributed by atoms with Crippen molar-refractivity contribution < 1.29 is 19.2 Å². The van der Waals surface area contributed by atoms with Gasteiger partial charge < -0.3 is 9.47 Å². The van der Waals surface area contributed by atoms with Gasteiger partial charge in [0.1, 0.15) is 5.75 Å². The number of esters is 1. The van der Waals surface area contributed by atoms with E-state index in [0.29, 0.717) is 23.5 Å². The van der Waals surface area contributed by atoms with E-state index in [1.54, 1.807) is 30.3 Å². The predicted octanol–water partition coefficient (Wildman–Crippen LogP) is 3.34. The highest BCUT2D eigenvalue weighted by atomic mass is 16.6. The number of aliphatic imine (C=N–C) groups is 1. The lowest BCUT2D eigenvalue weighted by Crippen LogP contribution is -2.07. The molecule has 0 N–H and O–H groups in total. The van der Waals surface area contributed by atoms with Crippen LogP contribution in [0, 0.1) is 10.1 Å². The smallest absolute Gasteiger partial charge is 0.363 e. The first-order chi connectivity index (χ1) is 12.1. The first-order valence-electron chi connectivity index (χ1n) is 7.57. The average Bonchev–Trinajstić information content (AvgIpc) is 2.96. The molecule has 2 aromatic rings. The number of nitro groups is 1. The number of nitro benzene ring substituents is 1. The number of non-ortho nitro benzene ring substituents is 1. The van der Waals surface area contributed by atoms with Gasteiger partial charge in [0.15, 0.2) is 5.70 Å². The van der Waals surface area contributed by atoms with Gasteiger partial charge in [-0.05, 0) is 30.7 Å². The minimum Gasteiger partial charge on any atom is -0.493 e. The number of nitrogens with zero attached hydrogens (tertiary/aromatic N) is 2. The van der Waals surface area contributed by atoms with E-state index in [1.807, 2.05) is 13.0 Å². The Bertz CT molecular complexity index is 902. The fraction of sp³-hybridized carbons (Fsp3) is 0.111. The van der Waals surface area contributed by atoms with Crippen LogP contribution < -0.4 is 4.74 Å². The zero-order chi connectivity index (χ0) is 17.8. The molecule has 0 aromatic heterocycles. The van der Waals surface area contributed by atoms with Crippen molar-refractivity contribution >= 4 is 23.6 Å². The summed E-state index contributed by atoms with van der Waals surface area (Å²) in [6.45, 7) is 2.32. The van der Waals surface area contributed by atoms with Crippen molar-refractivity contribution in [2.75, 3.05) is 6.61 Å². The van der Waals surface area contributed by atoms with E-state index in [0.717, 1.165) is 0 Å². The molecule has 0 saturated carbocycles. The Morgan fingerprint density at radius 2 is 2.04 bits per heavy atom. The van der Waals surface area contributed by atoms with E-state index >= 15 is 0 Å². The van der Waals surface area contributed by atoms with Crippen LogP contribution in [0.3, 0.4) is 0 Å². The summed E-state index contributed by atoms with van der Waals surface area (Å²) in [7, 11) is 0. The normalized spacial score (nSPS) is 15.0. The molecule has 25 heavy (non-hydrogen) atoms. The van der Waals surface area contributed by atoms with Gasteiger partial charge in [0.2, 0.25) is 5.90 Å². The van der Waals surface area contributed by atoms with Gasteiger partial charge in [-0.15, -0.1) is 0 Å². The number of para-hydroxylation sites is 1. The lowest BCUT2D eigenvalue weighted by Gasteiger charge is -2.08. The SMILES string of the molecule is CCOc1ccccc1C1=N/C(=C\c2cccc([N+](=O)[O-])c2)C(=O)O1. The van der Waals surface area contributed by atoms with Crippen molar-refractivity contribution in [2.45, 2.75) is 6.92 Å². The minimum absolute atomic E-state index is 0.0633. The summed E-state index contributed by atoms with van der Waals surface area (Å²) in [5.41, 5.74) is 1.07. The molecule has 3 rings (SSSR count). The second-order valence-corrected chi connectivity index (χ2v) is 5.12. The molecule has 0 aliphatic carbocycles. The standard InChI is InChI=1S/C18H14N2O5/c1-2-24-16-9-4-3-8-14(16)17-19-15(18(21)25-17)11-12-6-5-7-13(10-12)20(22)23/h3-11H,2H2,1H3/b15-11-. The molecule has 0 atom stereocenters. The van der Waals surface area contributed by atoms with Gasteiger partial charge in [0, 0.05) is 12.1 Å². The molecule has 0 fully saturated rings. The number of rotatable bonds is 5. The summed E-state index contributed by atoms with van der Waals surface area (Å²) in [6, 6.07) is 13.0. The molecule has 1 heterocycles. The maximum absolute atomic E-state index is 12.1. The van der Waals surface area contributed by atoms with Gasteiger partial charge in [-0.2, -0.15) is 0 Å². The highest BCUT2D eigenvalue weighted by Crippen LogP contribution is 2.25.